The van der Waals surface area contributed by atoms with Crippen molar-refractivity contribution in [3.8, 4) is 11.3 Å². The van der Waals surface area contributed by atoms with E-state index in [0.717, 1.165) is 36.9 Å². The van der Waals surface area contributed by atoms with Gasteiger partial charge in [0.1, 0.15) is 0 Å². The number of nitrogens with zero attached hydrogens (tertiary/aromatic N) is 1. The summed E-state index contributed by atoms with van der Waals surface area (Å²) in [5, 5.41) is 6.43. The molecular formula is C22H22BrN3O2S. The van der Waals surface area contributed by atoms with E-state index in [4.69, 9.17) is 0 Å². The molecule has 1 heterocycles. The Morgan fingerprint density at radius 3 is 2.45 bits per heavy atom. The average molecular weight is 472 g/mol. The van der Waals surface area contributed by atoms with Crippen LogP contribution in [0.5, 0.6) is 0 Å². The van der Waals surface area contributed by atoms with Crippen LogP contribution >= 0.6 is 27.3 Å². The highest BCUT2D eigenvalue weighted by Gasteiger charge is 2.15. The van der Waals surface area contributed by atoms with E-state index in [1.165, 1.54) is 16.9 Å². The molecule has 0 bridgehead atoms. The van der Waals surface area contributed by atoms with Gasteiger partial charge in [0.05, 0.1) is 23.7 Å². The molecule has 3 aromatic rings. The Bertz CT molecular complexity index is 1040. The summed E-state index contributed by atoms with van der Waals surface area (Å²) >= 11 is 4.90. The second-order valence-electron chi connectivity index (χ2n) is 6.83. The lowest BCUT2D eigenvalue weighted by Crippen LogP contribution is -2.33. The summed E-state index contributed by atoms with van der Waals surface area (Å²) in [4.78, 5) is 30.1. The van der Waals surface area contributed by atoms with Crippen LogP contribution in [-0.2, 0) is 16.0 Å². The maximum absolute atomic E-state index is 12.4. The molecule has 0 saturated carbocycles. The zero-order valence-electron chi connectivity index (χ0n) is 16.5. The minimum Gasteiger partial charge on any atom is -0.347 e. The molecule has 3 rings (SSSR count). The molecule has 29 heavy (non-hydrogen) atoms. The van der Waals surface area contributed by atoms with E-state index >= 15 is 0 Å². The zero-order chi connectivity index (χ0) is 21.0. The molecule has 0 radical (unpaired) electrons. The number of aromatic nitrogens is 1. The standard InChI is InChI=1S/C22H22BrN3O2S/c1-13-4-6-16(7-5-13)22-19(29-15(3)25-22)11-20(27)24-12-21(28)26-18-9-8-17(23)10-14(18)2/h4-10H,11-12H2,1-3H3,(H,24,27)(H,26,28). The molecule has 0 saturated heterocycles. The first kappa shape index (κ1) is 21.2. The number of anilines is 1. The minimum atomic E-state index is -0.261. The van der Waals surface area contributed by atoms with Crippen LogP contribution < -0.4 is 10.6 Å². The fraction of sp³-hybridized carbons (Fsp3) is 0.227. The number of nitrogens with one attached hydrogen (secondary N) is 2. The molecule has 7 heteroatoms. The fourth-order valence-corrected chi connectivity index (χ4v) is 4.31. The van der Waals surface area contributed by atoms with Gasteiger partial charge in [0.2, 0.25) is 11.8 Å². The molecule has 0 unspecified atom stereocenters. The fourth-order valence-electron chi connectivity index (χ4n) is 2.87. The number of carbonyl (C=O) groups is 2. The number of aryl methyl sites for hydroxylation is 3. The smallest absolute Gasteiger partial charge is 0.243 e. The average Bonchev–Trinajstić information content (AvgIpc) is 3.03. The second-order valence-corrected chi connectivity index (χ2v) is 9.04. The Balaban J connectivity index is 1.60. The monoisotopic (exact) mass is 471 g/mol. The van der Waals surface area contributed by atoms with Crippen LogP contribution in [0.1, 0.15) is 21.0 Å². The molecule has 0 aliphatic heterocycles. The summed E-state index contributed by atoms with van der Waals surface area (Å²) in [6, 6.07) is 13.7. The molecule has 150 valence electrons. The molecule has 0 atom stereocenters. The first-order chi connectivity index (χ1) is 13.8. The van der Waals surface area contributed by atoms with Crippen LogP contribution in [0.3, 0.4) is 0 Å². The van der Waals surface area contributed by atoms with Crippen molar-refractivity contribution in [3.63, 3.8) is 0 Å². The highest BCUT2D eigenvalue weighted by Crippen LogP contribution is 2.28. The SMILES string of the molecule is Cc1ccc(-c2nc(C)sc2CC(=O)NCC(=O)Nc2ccc(Br)cc2C)cc1. The van der Waals surface area contributed by atoms with Crippen molar-refractivity contribution in [3.05, 3.63) is 67.9 Å². The number of carbonyl (C=O) groups excluding carboxylic acids is 2. The van der Waals surface area contributed by atoms with E-state index in [2.05, 4.69) is 31.5 Å². The summed E-state index contributed by atoms with van der Waals surface area (Å²) < 4.78 is 0.950. The molecule has 2 aromatic carbocycles. The molecule has 0 spiro atoms. The summed E-state index contributed by atoms with van der Waals surface area (Å²) in [5.41, 5.74) is 4.67. The van der Waals surface area contributed by atoms with Gasteiger partial charge in [-0.2, -0.15) is 0 Å². The van der Waals surface area contributed by atoms with Crippen molar-refractivity contribution in [1.82, 2.24) is 10.3 Å². The van der Waals surface area contributed by atoms with Gasteiger partial charge in [-0.15, -0.1) is 11.3 Å². The molecule has 0 fully saturated rings. The lowest BCUT2D eigenvalue weighted by atomic mass is 10.1. The number of rotatable bonds is 6. The number of hydrogen-bond acceptors (Lipinski definition) is 4. The third kappa shape index (κ3) is 5.74. The van der Waals surface area contributed by atoms with E-state index in [0.29, 0.717) is 0 Å². The van der Waals surface area contributed by atoms with E-state index in [9.17, 15) is 9.59 Å². The lowest BCUT2D eigenvalue weighted by molar-refractivity contribution is -0.123. The van der Waals surface area contributed by atoms with Crippen molar-refractivity contribution in [2.75, 3.05) is 11.9 Å². The molecule has 5 nitrogen and oxygen atoms in total. The third-order valence-electron chi connectivity index (χ3n) is 4.36. The Morgan fingerprint density at radius 2 is 1.76 bits per heavy atom. The Morgan fingerprint density at radius 1 is 1.03 bits per heavy atom. The third-order valence-corrected chi connectivity index (χ3v) is 5.82. The number of amides is 2. The number of thiazole rings is 1. The van der Waals surface area contributed by atoms with Crippen molar-refractivity contribution in [1.29, 1.82) is 0 Å². The van der Waals surface area contributed by atoms with Crippen molar-refractivity contribution >= 4 is 44.8 Å². The summed E-state index contributed by atoms with van der Waals surface area (Å²) in [5.74, 6) is -0.465. The van der Waals surface area contributed by atoms with Crippen LogP contribution in [0.4, 0.5) is 5.69 Å². The maximum Gasteiger partial charge on any atom is 0.243 e. The Kier molecular flexibility index (Phi) is 6.82. The normalized spacial score (nSPS) is 10.6. The number of hydrogen-bond donors (Lipinski definition) is 2. The van der Waals surface area contributed by atoms with Crippen LogP contribution in [0.2, 0.25) is 0 Å². The largest absolute Gasteiger partial charge is 0.347 e. The van der Waals surface area contributed by atoms with Crippen LogP contribution in [0.25, 0.3) is 11.3 Å². The highest BCUT2D eigenvalue weighted by atomic mass is 79.9. The van der Waals surface area contributed by atoms with Crippen molar-refractivity contribution in [2.45, 2.75) is 27.2 Å². The molecule has 2 amide bonds. The number of benzene rings is 2. The van der Waals surface area contributed by atoms with Crippen LogP contribution in [0, 0.1) is 20.8 Å². The highest BCUT2D eigenvalue weighted by molar-refractivity contribution is 9.10. The van der Waals surface area contributed by atoms with E-state index in [-0.39, 0.29) is 24.8 Å². The van der Waals surface area contributed by atoms with Gasteiger partial charge in [-0.1, -0.05) is 45.8 Å². The van der Waals surface area contributed by atoms with E-state index < -0.39 is 0 Å². The zero-order valence-corrected chi connectivity index (χ0v) is 18.9. The van der Waals surface area contributed by atoms with Gasteiger partial charge < -0.3 is 10.6 Å². The lowest BCUT2D eigenvalue weighted by Gasteiger charge is -2.10. The Hall–Kier alpha value is -2.51. The van der Waals surface area contributed by atoms with Gasteiger partial charge in [-0.05, 0) is 44.5 Å². The molecule has 0 aliphatic rings. The summed E-state index contributed by atoms with van der Waals surface area (Å²) in [6.07, 6.45) is 0.194. The van der Waals surface area contributed by atoms with Gasteiger partial charge in [-0.25, -0.2) is 4.98 Å². The topological polar surface area (TPSA) is 71.1 Å². The van der Waals surface area contributed by atoms with Gasteiger partial charge in [0, 0.05) is 20.6 Å². The summed E-state index contributed by atoms with van der Waals surface area (Å²) in [6.45, 7) is 5.80. The van der Waals surface area contributed by atoms with Gasteiger partial charge >= 0.3 is 0 Å². The first-order valence-corrected chi connectivity index (χ1v) is 10.8. The first-order valence-electron chi connectivity index (χ1n) is 9.18. The molecular weight excluding hydrogens is 450 g/mol. The van der Waals surface area contributed by atoms with Gasteiger partial charge in [0.15, 0.2) is 0 Å². The molecule has 1 aromatic heterocycles. The van der Waals surface area contributed by atoms with Gasteiger partial charge in [0.25, 0.3) is 0 Å². The van der Waals surface area contributed by atoms with E-state index in [1.54, 1.807) is 0 Å². The quantitative estimate of drug-likeness (QED) is 0.542. The van der Waals surface area contributed by atoms with Crippen molar-refractivity contribution < 1.29 is 9.59 Å². The Labute approximate surface area is 182 Å². The second kappa shape index (κ2) is 9.33. The van der Waals surface area contributed by atoms with Crippen LogP contribution in [0.15, 0.2) is 46.9 Å². The predicted molar refractivity (Wildman–Crippen MR) is 121 cm³/mol. The molecule has 2 N–H and O–H groups in total. The number of halogens is 1. The molecule has 0 aliphatic carbocycles. The maximum atomic E-state index is 12.4. The van der Waals surface area contributed by atoms with Gasteiger partial charge in [-0.3, -0.25) is 9.59 Å². The predicted octanol–water partition coefficient (Wildman–Crippen LogP) is 4.80. The van der Waals surface area contributed by atoms with Crippen molar-refractivity contribution in [2.24, 2.45) is 0 Å². The van der Waals surface area contributed by atoms with E-state index in [1.807, 2.05) is 63.2 Å². The minimum absolute atomic E-state index is 0.0774. The summed E-state index contributed by atoms with van der Waals surface area (Å²) in [7, 11) is 0. The van der Waals surface area contributed by atoms with Crippen LogP contribution in [-0.4, -0.2) is 23.3 Å².